The number of nitrogens with zero attached hydrogens (tertiary/aromatic N) is 4. The Labute approximate surface area is 356 Å². The Kier molecular flexibility index (Phi) is 6.80. The van der Waals surface area contributed by atoms with Crippen molar-refractivity contribution in [3.05, 3.63) is 206 Å². The lowest BCUT2D eigenvalue weighted by Crippen LogP contribution is -1.95. The first-order valence-corrected chi connectivity index (χ1v) is 21.2. The molecule has 286 valence electrons. The summed E-state index contributed by atoms with van der Waals surface area (Å²) >= 11 is 0. The first kappa shape index (κ1) is 33.5. The number of benzene rings is 10. The third kappa shape index (κ3) is 4.77. The van der Waals surface area contributed by atoms with Crippen LogP contribution in [0.1, 0.15) is 0 Å². The van der Waals surface area contributed by atoms with Crippen LogP contribution >= 0.6 is 0 Å². The van der Waals surface area contributed by atoms with Gasteiger partial charge in [-0.25, -0.2) is 9.97 Å². The molecule has 0 atom stereocenters. The highest BCUT2D eigenvalue weighted by Crippen LogP contribution is 2.46. The van der Waals surface area contributed by atoms with Gasteiger partial charge in [0.25, 0.3) is 0 Å². The molecule has 0 bridgehead atoms. The Balaban J connectivity index is 0.881. The maximum absolute atomic E-state index is 5.18. The molecule has 0 radical (unpaired) electrons. The van der Waals surface area contributed by atoms with Gasteiger partial charge in [-0.15, -0.1) is 0 Å². The SMILES string of the molecule is c1ccc(-n2c3ccc(-c4ccc5c(c4)c4ccccc4n5-c4ccc5cc(-c6nc7c8c(cccc8n6)-c6ccccc6-7)ccc5c4)cc3c3cc4ccccc4cc32)cc1. The summed E-state index contributed by atoms with van der Waals surface area (Å²) in [5, 5.41) is 10.9. The van der Waals surface area contributed by atoms with Crippen molar-refractivity contribution in [2.45, 2.75) is 0 Å². The Hall–Kier alpha value is -8.34. The second-order valence-corrected chi connectivity index (χ2v) is 16.6. The fourth-order valence-electron chi connectivity index (χ4n) is 10.3. The number of rotatable bonds is 4. The van der Waals surface area contributed by atoms with Gasteiger partial charge in [0.05, 0.1) is 33.3 Å². The van der Waals surface area contributed by atoms with E-state index in [4.69, 9.17) is 9.97 Å². The molecule has 0 saturated heterocycles. The molecule has 1 aliphatic rings. The van der Waals surface area contributed by atoms with E-state index in [-0.39, 0.29) is 0 Å². The molecule has 4 heteroatoms. The van der Waals surface area contributed by atoms with Gasteiger partial charge in [0.1, 0.15) is 0 Å². The van der Waals surface area contributed by atoms with Gasteiger partial charge < -0.3 is 9.13 Å². The predicted molar refractivity (Wildman–Crippen MR) is 259 cm³/mol. The quantitative estimate of drug-likeness (QED) is 0.178. The standard InChI is InChI=1S/C58H34N4/c1-2-13-42(14-3-1)61-54-28-25-40(33-49(54)50-31-35-11-4-5-12-36(35)34-55(50)61)39-24-27-53-48(32-39)45-16-8-9-20-52(45)62(53)43-26-23-37-29-41(22-21-38(37)30-43)58-59-51-19-10-18-46-44-15-6-7-17-47(44)57(60-58)56(46)51/h1-34H. The molecule has 3 heterocycles. The molecule has 3 aromatic heterocycles. The summed E-state index contributed by atoms with van der Waals surface area (Å²) in [6, 6.07) is 75.1. The summed E-state index contributed by atoms with van der Waals surface area (Å²) in [5.41, 5.74) is 16.1. The summed E-state index contributed by atoms with van der Waals surface area (Å²) < 4.78 is 4.81. The van der Waals surface area contributed by atoms with Crippen LogP contribution < -0.4 is 0 Å². The third-order valence-electron chi connectivity index (χ3n) is 13.2. The van der Waals surface area contributed by atoms with E-state index < -0.39 is 0 Å². The summed E-state index contributed by atoms with van der Waals surface area (Å²) in [6.07, 6.45) is 0. The van der Waals surface area contributed by atoms with Crippen molar-refractivity contribution in [1.82, 2.24) is 19.1 Å². The number of hydrogen-bond acceptors (Lipinski definition) is 2. The topological polar surface area (TPSA) is 35.6 Å². The van der Waals surface area contributed by atoms with Gasteiger partial charge in [-0.1, -0.05) is 127 Å². The average Bonchev–Trinajstić information content (AvgIpc) is 3.96. The number of aromatic nitrogens is 4. The minimum atomic E-state index is 0.750. The van der Waals surface area contributed by atoms with Crippen LogP contribution in [0.4, 0.5) is 0 Å². The lowest BCUT2D eigenvalue weighted by atomic mass is 10.00. The number of fused-ring (bicyclic) bond motifs is 11. The Morgan fingerprint density at radius 1 is 0.306 bits per heavy atom. The molecular formula is C58H34N4. The maximum Gasteiger partial charge on any atom is 0.160 e. The second kappa shape index (κ2) is 12.6. The fraction of sp³-hybridized carbons (Fsp3) is 0. The van der Waals surface area contributed by atoms with Crippen molar-refractivity contribution in [1.29, 1.82) is 0 Å². The highest BCUT2D eigenvalue weighted by atomic mass is 15.0. The summed E-state index contributed by atoms with van der Waals surface area (Å²) in [7, 11) is 0. The average molecular weight is 787 g/mol. The van der Waals surface area contributed by atoms with Gasteiger partial charge in [0.15, 0.2) is 5.82 Å². The van der Waals surface area contributed by atoms with Gasteiger partial charge in [0.2, 0.25) is 0 Å². The minimum Gasteiger partial charge on any atom is -0.309 e. The van der Waals surface area contributed by atoms with Crippen molar-refractivity contribution in [2.24, 2.45) is 0 Å². The van der Waals surface area contributed by atoms with Crippen LogP contribution in [0.25, 0.3) is 132 Å². The third-order valence-corrected chi connectivity index (χ3v) is 13.2. The van der Waals surface area contributed by atoms with E-state index in [9.17, 15) is 0 Å². The zero-order valence-corrected chi connectivity index (χ0v) is 33.4. The molecule has 4 nitrogen and oxygen atoms in total. The number of para-hydroxylation sites is 2. The van der Waals surface area contributed by atoms with Crippen LogP contribution in [0.2, 0.25) is 0 Å². The van der Waals surface area contributed by atoms with E-state index in [0.29, 0.717) is 0 Å². The highest BCUT2D eigenvalue weighted by molar-refractivity contribution is 6.16. The molecule has 0 saturated carbocycles. The van der Waals surface area contributed by atoms with Crippen molar-refractivity contribution in [2.75, 3.05) is 0 Å². The smallest absolute Gasteiger partial charge is 0.160 e. The van der Waals surface area contributed by atoms with Crippen molar-refractivity contribution in [3.63, 3.8) is 0 Å². The molecule has 62 heavy (non-hydrogen) atoms. The molecule has 0 N–H and O–H groups in total. The Morgan fingerprint density at radius 3 is 1.74 bits per heavy atom. The first-order chi connectivity index (χ1) is 30.7. The molecular weight excluding hydrogens is 753 g/mol. The number of hydrogen-bond donors (Lipinski definition) is 0. The van der Waals surface area contributed by atoms with Gasteiger partial charge in [-0.05, 0) is 123 Å². The van der Waals surface area contributed by atoms with Gasteiger partial charge in [-0.3, -0.25) is 0 Å². The molecule has 13 aromatic rings. The zero-order chi connectivity index (χ0) is 40.5. The van der Waals surface area contributed by atoms with Gasteiger partial charge in [0, 0.05) is 49.4 Å². The molecule has 1 aliphatic carbocycles. The summed E-state index contributed by atoms with van der Waals surface area (Å²) in [6.45, 7) is 0. The van der Waals surface area contributed by atoms with Crippen molar-refractivity contribution >= 4 is 76.1 Å². The lowest BCUT2D eigenvalue weighted by Gasteiger charge is -2.11. The van der Waals surface area contributed by atoms with Crippen molar-refractivity contribution < 1.29 is 0 Å². The van der Waals surface area contributed by atoms with E-state index in [0.717, 1.165) is 44.7 Å². The van der Waals surface area contributed by atoms with Gasteiger partial charge >= 0.3 is 0 Å². The molecule has 0 amide bonds. The Morgan fingerprint density at radius 2 is 0.903 bits per heavy atom. The summed E-state index contributed by atoms with van der Waals surface area (Å²) in [5.74, 6) is 0.750. The van der Waals surface area contributed by atoms with E-state index in [1.54, 1.807) is 0 Å². The molecule has 0 unspecified atom stereocenters. The van der Waals surface area contributed by atoms with Crippen LogP contribution in [-0.2, 0) is 0 Å². The summed E-state index contributed by atoms with van der Waals surface area (Å²) in [4.78, 5) is 10.3. The maximum atomic E-state index is 5.18. The normalized spacial score (nSPS) is 12.2. The second-order valence-electron chi connectivity index (χ2n) is 16.6. The van der Waals surface area contributed by atoms with Crippen LogP contribution in [0.15, 0.2) is 206 Å². The molecule has 14 rings (SSSR count). The van der Waals surface area contributed by atoms with E-state index >= 15 is 0 Å². The molecule has 0 spiro atoms. The molecule has 0 aliphatic heterocycles. The van der Waals surface area contributed by atoms with E-state index in [1.807, 2.05) is 0 Å². The fourth-order valence-corrected chi connectivity index (χ4v) is 10.3. The highest BCUT2D eigenvalue weighted by Gasteiger charge is 2.24. The first-order valence-electron chi connectivity index (χ1n) is 21.2. The van der Waals surface area contributed by atoms with Gasteiger partial charge in [-0.2, -0.15) is 0 Å². The lowest BCUT2D eigenvalue weighted by molar-refractivity contribution is 1.18. The zero-order valence-electron chi connectivity index (χ0n) is 33.4. The Bertz CT molecular complexity index is 4040. The largest absolute Gasteiger partial charge is 0.309 e. The predicted octanol–water partition coefficient (Wildman–Crippen LogP) is 15.1. The van der Waals surface area contributed by atoms with Crippen LogP contribution in [-0.4, -0.2) is 19.1 Å². The monoisotopic (exact) mass is 786 g/mol. The molecule has 10 aromatic carbocycles. The van der Waals surface area contributed by atoms with Crippen LogP contribution in [0.3, 0.4) is 0 Å². The minimum absolute atomic E-state index is 0.750. The van der Waals surface area contributed by atoms with E-state index in [2.05, 4.69) is 215 Å². The van der Waals surface area contributed by atoms with Crippen LogP contribution in [0, 0.1) is 0 Å². The van der Waals surface area contributed by atoms with Crippen molar-refractivity contribution in [3.8, 4) is 56.3 Å². The van der Waals surface area contributed by atoms with Crippen LogP contribution in [0.5, 0.6) is 0 Å². The van der Waals surface area contributed by atoms with E-state index in [1.165, 1.54) is 87.6 Å². The molecule has 0 fully saturated rings.